The van der Waals surface area contributed by atoms with Crippen LogP contribution in [0, 0.1) is 0 Å². The number of thiazole rings is 1. The highest BCUT2D eigenvalue weighted by molar-refractivity contribution is 7.18. The van der Waals surface area contributed by atoms with E-state index < -0.39 is 41.2 Å². The molecule has 1 atom stereocenters. The molecular formula is C26H22ClN5O6S. The fourth-order valence-corrected chi connectivity index (χ4v) is 6.68. The molecule has 1 saturated carbocycles. The molecule has 0 bridgehead atoms. The van der Waals surface area contributed by atoms with Gasteiger partial charge in [-0.2, -0.15) is 0 Å². The van der Waals surface area contributed by atoms with Gasteiger partial charge in [0.15, 0.2) is 0 Å². The third-order valence-electron chi connectivity index (χ3n) is 7.31. The van der Waals surface area contributed by atoms with Crippen LogP contribution in [0.5, 0.6) is 5.75 Å². The van der Waals surface area contributed by atoms with Crippen molar-refractivity contribution in [1.29, 1.82) is 0 Å². The number of piperidine rings is 1. The summed E-state index contributed by atoms with van der Waals surface area (Å²) in [6.45, 7) is 0. The Morgan fingerprint density at radius 2 is 1.92 bits per heavy atom. The highest BCUT2D eigenvalue weighted by Crippen LogP contribution is 2.46. The summed E-state index contributed by atoms with van der Waals surface area (Å²) < 4.78 is 6.28. The maximum atomic E-state index is 13.1. The molecule has 200 valence electrons. The number of carbonyl (C=O) groups excluding carboxylic acids is 5. The normalized spacial score (nSPS) is 19.9. The van der Waals surface area contributed by atoms with Gasteiger partial charge in [-0.25, -0.2) is 9.78 Å². The number of fused-ring (bicyclic) bond motifs is 2. The molecule has 11 nitrogen and oxygen atoms in total. The number of carbonyl (C=O) groups is 5. The quantitative estimate of drug-likeness (QED) is 0.399. The van der Waals surface area contributed by atoms with Gasteiger partial charge in [0.2, 0.25) is 11.8 Å². The van der Waals surface area contributed by atoms with Crippen molar-refractivity contribution in [3.8, 4) is 5.75 Å². The Morgan fingerprint density at radius 3 is 2.62 bits per heavy atom. The van der Waals surface area contributed by atoms with Crippen LogP contribution in [-0.4, -0.2) is 52.7 Å². The van der Waals surface area contributed by atoms with E-state index in [1.807, 2.05) is 6.07 Å². The van der Waals surface area contributed by atoms with E-state index in [2.05, 4.69) is 16.0 Å². The zero-order chi connectivity index (χ0) is 27.5. The summed E-state index contributed by atoms with van der Waals surface area (Å²) in [6, 6.07) is 6.35. The highest BCUT2D eigenvalue weighted by atomic mass is 35.5. The van der Waals surface area contributed by atoms with E-state index in [0.717, 1.165) is 21.0 Å². The van der Waals surface area contributed by atoms with Gasteiger partial charge in [0.25, 0.3) is 11.8 Å². The Morgan fingerprint density at radius 1 is 1.15 bits per heavy atom. The van der Waals surface area contributed by atoms with Crippen molar-refractivity contribution in [1.82, 2.24) is 20.5 Å². The monoisotopic (exact) mass is 567 g/mol. The Kier molecular flexibility index (Phi) is 6.03. The topological polar surface area (TPSA) is 147 Å². The summed E-state index contributed by atoms with van der Waals surface area (Å²) in [7, 11) is 1.55. The van der Waals surface area contributed by atoms with Gasteiger partial charge in [-0.3, -0.25) is 29.4 Å². The molecule has 6 amide bonds. The zero-order valence-electron chi connectivity index (χ0n) is 20.6. The molecule has 13 heteroatoms. The van der Waals surface area contributed by atoms with Crippen molar-refractivity contribution in [3.05, 3.63) is 51.5 Å². The van der Waals surface area contributed by atoms with Crippen LogP contribution in [0.3, 0.4) is 0 Å². The van der Waals surface area contributed by atoms with Crippen LogP contribution in [0.2, 0.25) is 5.02 Å². The largest absolute Gasteiger partial charge is 0.494 e. The van der Waals surface area contributed by atoms with Crippen LogP contribution >= 0.6 is 22.9 Å². The molecule has 3 aromatic rings. The van der Waals surface area contributed by atoms with Crippen molar-refractivity contribution in [2.24, 2.45) is 0 Å². The molecule has 1 aromatic heterocycles. The molecule has 0 spiro atoms. The predicted octanol–water partition coefficient (Wildman–Crippen LogP) is 3.56. The second kappa shape index (κ2) is 9.31. The number of rotatable bonds is 5. The van der Waals surface area contributed by atoms with E-state index in [4.69, 9.17) is 21.3 Å². The standard InChI is InChI=1S/C26H22ClN5O6S/c1-38-17-9-12(27)10-18-20(17)30-24(39-18)26(7-2-8-26)31-25(37)28-13-3-4-14-15(11-13)23(36)32(22(14)35)16-5-6-19(33)29-21(16)34/h3-4,9-11,16H,2,5-8H2,1H3,(H2,28,31,37)(H,29,33,34). The minimum Gasteiger partial charge on any atom is -0.494 e. The Bertz CT molecular complexity index is 1600. The maximum absolute atomic E-state index is 13.1. The second-order valence-electron chi connectivity index (χ2n) is 9.70. The van der Waals surface area contributed by atoms with Crippen molar-refractivity contribution in [2.45, 2.75) is 43.7 Å². The van der Waals surface area contributed by atoms with Crippen molar-refractivity contribution in [3.63, 3.8) is 0 Å². The van der Waals surface area contributed by atoms with Crippen LogP contribution < -0.4 is 20.7 Å². The average Bonchev–Trinajstić information content (AvgIpc) is 3.40. The smallest absolute Gasteiger partial charge is 0.320 e. The van der Waals surface area contributed by atoms with Gasteiger partial charge in [0, 0.05) is 23.2 Å². The maximum Gasteiger partial charge on any atom is 0.320 e. The van der Waals surface area contributed by atoms with E-state index in [-0.39, 0.29) is 24.0 Å². The number of hydrogen-bond acceptors (Lipinski definition) is 8. The van der Waals surface area contributed by atoms with Gasteiger partial charge in [0.1, 0.15) is 22.3 Å². The minimum atomic E-state index is -1.06. The van der Waals surface area contributed by atoms with Crippen LogP contribution in [0.4, 0.5) is 10.5 Å². The number of anilines is 1. The predicted molar refractivity (Wildman–Crippen MR) is 142 cm³/mol. The molecule has 3 heterocycles. The fraction of sp³-hybridized carbons (Fsp3) is 0.308. The van der Waals surface area contributed by atoms with Crippen molar-refractivity contribution < 1.29 is 28.7 Å². The third-order valence-corrected chi connectivity index (χ3v) is 8.74. The van der Waals surface area contributed by atoms with Crippen molar-refractivity contribution >= 4 is 68.5 Å². The van der Waals surface area contributed by atoms with Gasteiger partial charge < -0.3 is 15.4 Å². The first-order valence-corrected chi connectivity index (χ1v) is 13.5. The van der Waals surface area contributed by atoms with Gasteiger partial charge >= 0.3 is 6.03 Å². The number of ether oxygens (including phenoxy) is 1. The Hall–Kier alpha value is -4.03. The molecule has 6 rings (SSSR count). The Balaban J connectivity index is 1.20. The van der Waals surface area contributed by atoms with Gasteiger partial charge in [-0.15, -0.1) is 11.3 Å². The number of imide groups is 2. The van der Waals surface area contributed by atoms with Crippen LogP contribution in [0.25, 0.3) is 10.2 Å². The molecule has 0 radical (unpaired) electrons. The molecule has 2 aromatic carbocycles. The van der Waals surface area contributed by atoms with Gasteiger partial charge in [-0.1, -0.05) is 11.6 Å². The van der Waals surface area contributed by atoms with Crippen molar-refractivity contribution in [2.75, 3.05) is 12.4 Å². The lowest BCUT2D eigenvalue weighted by atomic mass is 9.77. The molecule has 1 saturated heterocycles. The summed E-state index contributed by atoms with van der Waals surface area (Å²) in [5.74, 6) is -1.82. The Labute approximate surface area is 230 Å². The number of benzene rings is 2. The molecule has 39 heavy (non-hydrogen) atoms. The molecule has 2 aliphatic heterocycles. The SMILES string of the molecule is COc1cc(Cl)cc2sc(C3(NC(=O)Nc4ccc5c(c4)C(=O)N(C4CCC(=O)NC4=O)C5=O)CCC3)nc12. The summed E-state index contributed by atoms with van der Waals surface area (Å²) in [6.07, 6.45) is 2.42. The summed E-state index contributed by atoms with van der Waals surface area (Å²) in [5, 5.41) is 9.24. The lowest BCUT2D eigenvalue weighted by molar-refractivity contribution is -0.136. The van der Waals surface area contributed by atoms with E-state index in [0.29, 0.717) is 34.8 Å². The lowest BCUT2D eigenvalue weighted by Crippen LogP contribution is -2.54. The number of nitrogens with one attached hydrogen (secondary N) is 3. The van der Waals surface area contributed by atoms with Crippen LogP contribution in [0.1, 0.15) is 57.8 Å². The molecule has 2 fully saturated rings. The number of aromatic nitrogens is 1. The first-order chi connectivity index (χ1) is 18.7. The first-order valence-electron chi connectivity index (χ1n) is 12.3. The molecule has 1 unspecified atom stereocenters. The number of urea groups is 1. The number of hydrogen-bond donors (Lipinski definition) is 3. The van der Waals surface area contributed by atoms with E-state index in [1.165, 1.54) is 29.5 Å². The highest BCUT2D eigenvalue weighted by Gasteiger charge is 2.45. The summed E-state index contributed by atoms with van der Waals surface area (Å²) in [5.41, 5.74) is 0.544. The lowest BCUT2D eigenvalue weighted by Gasteiger charge is -2.40. The van der Waals surface area contributed by atoms with E-state index in [1.54, 1.807) is 13.2 Å². The molecule has 3 N–H and O–H groups in total. The second-order valence-corrected chi connectivity index (χ2v) is 11.2. The number of amides is 6. The van der Waals surface area contributed by atoms with E-state index >= 15 is 0 Å². The number of methoxy groups -OCH3 is 1. The fourth-order valence-electron chi connectivity index (χ4n) is 5.18. The average molecular weight is 568 g/mol. The van der Waals surface area contributed by atoms with Crippen LogP contribution in [0.15, 0.2) is 30.3 Å². The summed E-state index contributed by atoms with van der Waals surface area (Å²) in [4.78, 5) is 68.5. The third kappa shape index (κ3) is 4.20. The minimum absolute atomic E-state index is 0.0347. The molecule has 1 aliphatic carbocycles. The zero-order valence-corrected chi connectivity index (χ0v) is 22.2. The van der Waals surface area contributed by atoms with Gasteiger partial charge in [-0.05, 0) is 49.9 Å². The first kappa shape index (κ1) is 25.3. The number of nitrogens with zero attached hydrogens (tertiary/aromatic N) is 2. The van der Waals surface area contributed by atoms with Gasteiger partial charge in [0.05, 0.1) is 28.5 Å². The molecular weight excluding hydrogens is 546 g/mol. The van der Waals surface area contributed by atoms with Crippen LogP contribution in [-0.2, 0) is 15.1 Å². The number of halogens is 1. The van der Waals surface area contributed by atoms with E-state index in [9.17, 15) is 24.0 Å². The molecule has 3 aliphatic rings. The summed E-state index contributed by atoms with van der Waals surface area (Å²) >= 11 is 7.66.